The molecule has 0 bridgehead atoms. The van der Waals surface area contributed by atoms with Crippen LogP contribution < -0.4 is 10.1 Å². The number of nitrogens with one attached hydrogen (secondary N) is 1. The molecule has 0 fully saturated rings. The molecule has 0 aliphatic heterocycles. The molecule has 0 amide bonds. The molecule has 5 nitrogen and oxygen atoms in total. The van der Waals surface area contributed by atoms with Crippen LogP contribution >= 0.6 is 12.4 Å². The summed E-state index contributed by atoms with van der Waals surface area (Å²) in [4.78, 5) is 15.8. The van der Waals surface area contributed by atoms with Crippen molar-refractivity contribution in [2.24, 2.45) is 0 Å². The van der Waals surface area contributed by atoms with Crippen molar-refractivity contribution in [3.63, 3.8) is 0 Å². The van der Waals surface area contributed by atoms with Gasteiger partial charge in [-0.05, 0) is 60.9 Å². The van der Waals surface area contributed by atoms with Crippen molar-refractivity contribution in [2.75, 3.05) is 12.4 Å². The number of methoxy groups -OCH3 is 1. The van der Waals surface area contributed by atoms with Crippen molar-refractivity contribution >= 4 is 35.1 Å². The third kappa shape index (κ3) is 3.89. The zero-order valence-corrected chi connectivity index (χ0v) is 15.7. The van der Waals surface area contributed by atoms with E-state index in [2.05, 4.69) is 10.3 Å². The number of carboxylic acid groups (broad SMARTS) is 1. The number of carboxylic acids is 1. The van der Waals surface area contributed by atoms with Gasteiger partial charge in [-0.1, -0.05) is 12.1 Å². The van der Waals surface area contributed by atoms with E-state index in [1.165, 1.54) is 0 Å². The smallest absolute Gasteiger partial charge is 0.335 e. The lowest BCUT2D eigenvalue weighted by molar-refractivity contribution is 0.0697. The van der Waals surface area contributed by atoms with Gasteiger partial charge in [-0.2, -0.15) is 0 Å². The van der Waals surface area contributed by atoms with E-state index in [4.69, 9.17) is 9.84 Å². The Labute approximate surface area is 158 Å². The van der Waals surface area contributed by atoms with E-state index in [1.54, 1.807) is 25.3 Å². The standard InChI is InChI=1S/C20H20N2O3.ClH/c1-12-13(2)19(21-11-14-4-7-16(25-3)8-5-14)22-18-9-6-15(20(23)24)10-17(12)18;/h4-10H,11H2,1-3H3,(H,21,22)(H,23,24);1H. The summed E-state index contributed by atoms with van der Waals surface area (Å²) in [5.41, 5.74) is 4.23. The topological polar surface area (TPSA) is 71.5 Å². The Kier molecular flexibility index (Phi) is 6.05. The average Bonchev–Trinajstić information content (AvgIpc) is 2.63. The maximum absolute atomic E-state index is 11.2. The monoisotopic (exact) mass is 372 g/mol. The van der Waals surface area contributed by atoms with Crippen LogP contribution in [0.15, 0.2) is 42.5 Å². The number of aromatic nitrogens is 1. The number of benzene rings is 2. The summed E-state index contributed by atoms with van der Waals surface area (Å²) in [6.45, 7) is 4.63. The van der Waals surface area contributed by atoms with Crippen molar-refractivity contribution in [3.05, 3.63) is 64.7 Å². The van der Waals surface area contributed by atoms with E-state index >= 15 is 0 Å². The molecule has 1 aromatic heterocycles. The van der Waals surface area contributed by atoms with Crippen LogP contribution in [0.3, 0.4) is 0 Å². The lowest BCUT2D eigenvalue weighted by atomic mass is 10.0. The van der Waals surface area contributed by atoms with Crippen molar-refractivity contribution < 1.29 is 14.6 Å². The summed E-state index contributed by atoms with van der Waals surface area (Å²) in [5.74, 6) is 0.707. The van der Waals surface area contributed by atoms with Crippen LogP contribution in [0.5, 0.6) is 5.75 Å². The van der Waals surface area contributed by atoms with Crippen molar-refractivity contribution in [2.45, 2.75) is 20.4 Å². The van der Waals surface area contributed by atoms with Gasteiger partial charge < -0.3 is 15.2 Å². The first-order valence-corrected chi connectivity index (χ1v) is 8.00. The van der Waals surface area contributed by atoms with E-state index in [0.29, 0.717) is 6.54 Å². The third-order valence-corrected chi connectivity index (χ3v) is 4.42. The van der Waals surface area contributed by atoms with Gasteiger partial charge in [0.05, 0.1) is 18.2 Å². The quantitative estimate of drug-likeness (QED) is 0.685. The molecular weight excluding hydrogens is 352 g/mol. The molecule has 6 heteroatoms. The van der Waals surface area contributed by atoms with Crippen LogP contribution in [0.25, 0.3) is 10.9 Å². The number of pyridine rings is 1. The molecule has 2 aromatic carbocycles. The van der Waals surface area contributed by atoms with E-state index in [9.17, 15) is 4.79 Å². The molecular formula is C20H21ClN2O3. The first-order valence-electron chi connectivity index (χ1n) is 8.00. The van der Waals surface area contributed by atoms with Gasteiger partial charge in [0.25, 0.3) is 0 Å². The Morgan fingerprint density at radius 1 is 1.12 bits per heavy atom. The van der Waals surface area contributed by atoms with Gasteiger partial charge in [-0.3, -0.25) is 0 Å². The fraction of sp³-hybridized carbons (Fsp3) is 0.200. The molecule has 0 saturated carbocycles. The lowest BCUT2D eigenvalue weighted by Gasteiger charge is -2.14. The van der Waals surface area contributed by atoms with Crippen molar-refractivity contribution in [1.82, 2.24) is 4.98 Å². The molecule has 0 aliphatic rings. The Bertz CT molecular complexity index is 940. The van der Waals surface area contributed by atoms with E-state index < -0.39 is 5.97 Å². The van der Waals surface area contributed by atoms with Crippen molar-refractivity contribution in [3.8, 4) is 5.75 Å². The highest BCUT2D eigenvalue weighted by atomic mass is 35.5. The predicted octanol–water partition coefficient (Wildman–Crippen LogP) is 4.59. The second-order valence-electron chi connectivity index (χ2n) is 5.95. The molecule has 26 heavy (non-hydrogen) atoms. The molecule has 3 aromatic rings. The van der Waals surface area contributed by atoms with Crippen LogP contribution in [-0.2, 0) is 6.54 Å². The number of aryl methyl sites for hydroxylation is 1. The zero-order chi connectivity index (χ0) is 18.0. The first-order chi connectivity index (χ1) is 12.0. The van der Waals surface area contributed by atoms with Gasteiger partial charge >= 0.3 is 5.97 Å². The average molecular weight is 373 g/mol. The second-order valence-corrected chi connectivity index (χ2v) is 5.95. The largest absolute Gasteiger partial charge is 0.497 e. The molecule has 136 valence electrons. The number of aromatic carboxylic acids is 1. The molecule has 1 heterocycles. The van der Waals surface area contributed by atoms with Crippen LogP contribution in [0.4, 0.5) is 5.82 Å². The Balaban J connectivity index is 0.00000243. The van der Waals surface area contributed by atoms with E-state index in [-0.39, 0.29) is 18.0 Å². The predicted molar refractivity (Wildman–Crippen MR) is 106 cm³/mol. The van der Waals surface area contributed by atoms with Crippen molar-refractivity contribution in [1.29, 1.82) is 0 Å². The number of hydrogen-bond donors (Lipinski definition) is 2. The highest BCUT2D eigenvalue weighted by Gasteiger charge is 2.11. The third-order valence-electron chi connectivity index (χ3n) is 4.42. The normalized spacial score (nSPS) is 10.3. The number of carbonyl (C=O) groups is 1. The number of nitrogens with zero attached hydrogens (tertiary/aromatic N) is 1. The molecule has 0 spiro atoms. The van der Waals surface area contributed by atoms with Gasteiger partial charge in [-0.15, -0.1) is 12.4 Å². The zero-order valence-electron chi connectivity index (χ0n) is 14.9. The molecule has 0 aliphatic carbocycles. The fourth-order valence-electron chi connectivity index (χ4n) is 2.75. The maximum atomic E-state index is 11.2. The summed E-state index contributed by atoms with van der Waals surface area (Å²) in [6.07, 6.45) is 0. The Hall–Kier alpha value is -2.79. The van der Waals surface area contributed by atoms with Crippen LogP contribution in [0.1, 0.15) is 27.0 Å². The lowest BCUT2D eigenvalue weighted by Crippen LogP contribution is -2.05. The first kappa shape index (κ1) is 19.5. The van der Waals surface area contributed by atoms with Crippen LogP contribution in [0.2, 0.25) is 0 Å². The molecule has 3 rings (SSSR count). The summed E-state index contributed by atoms with van der Waals surface area (Å²) in [6, 6.07) is 12.9. The number of fused-ring (bicyclic) bond motifs is 1. The van der Waals surface area contributed by atoms with Gasteiger partial charge in [-0.25, -0.2) is 9.78 Å². The molecule has 0 saturated heterocycles. The summed E-state index contributed by atoms with van der Waals surface area (Å²) in [5, 5.41) is 13.4. The minimum Gasteiger partial charge on any atom is -0.497 e. The number of rotatable bonds is 5. The fourth-order valence-corrected chi connectivity index (χ4v) is 2.75. The Morgan fingerprint density at radius 2 is 1.81 bits per heavy atom. The highest BCUT2D eigenvalue weighted by molar-refractivity contribution is 5.95. The second kappa shape index (κ2) is 8.06. The van der Waals surface area contributed by atoms with Gasteiger partial charge in [0.15, 0.2) is 0 Å². The number of anilines is 1. The molecule has 2 N–H and O–H groups in total. The number of hydrogen-bond acceptors (Lipinski definition) is 4. The maximum Gasteiger partial charge on any atom is 0.335 e. The van der Waals surface area contributed by atoms with Crippen LogP contribution in [-0.4, -0.2) is 23.2 Å². The Morgan fingerprint density at radius 3 is 2.42 bits per heavy atom. The van der Waals surface area contributed by atoms with Gasteiger partial charge in [0.2, 0.25) is 0 Å². The van der Waals surface area contributed by atoms with E-state index in [0.717, 1.165) is 39.2 Å². The number of halogens is 1. The minimum absolute atomic E-state index is 0. The summed E-state index contributed by atoms with van der Waals surface area (Å²) >= 11 is 0. The number of ether oxygens (including phenoxy) is 1. The summed E-state index contributed by atoms with van der Waals surface area (Å²) in [7, 11) is 1.65. The highest BCUT2D eigenvalue weighted by Crippen LogP contribution is 2.26. The van der Waals surface area contributed by atoms with Gasteiger partial charge in [0, 0.05) is 11.9 Å². The molecule has 0 atom stereocenters. The van der Waals surface area contributed by atoms with Gasteiger partial charge in [0.1, 0.15) is 11.6 Å². The minimum atomic E-state index is -0.930. The van der Waals surface area contributed by atoms with E-state index in [1.807, 2.05) is 38.1 Å². The molecule has 0 unspecified atom stereocenters. The summed E-state index contributed by atoms with van der Waals surface area (Å²) < 4.78 is 5.17. The van der Waals surface area contributed by atoms with Crippen LogP contribution in [0, 0.1) is 13.8 Å². The molecule has 0 radical (unpaired) electrons. The SMILES string of the molecule is COc1ccc(CNc2nc3ccc(C(=O)O)cc3c(C)c2C)cc1.Cl.